The second-order valence-electron chi connectivity index (χ2n) is 4.45. The fourth-order valence-electron chi connectivity index (χ4n) is 1.38. The van der Waals surface area contributed by atoms with Crippen molar-refractivity contribution in [2.75, 3.05) is 18.5 Å². The zero-order chi connectivity index (χ0) is 12.0. The largest absolute Gasteiger partial charge is 0.494 e. The summed E-state index contributed by atoms with van der Waals surface area (Å²) >= 11 is 0. The highest BCUT2D eigenvalue weighted by molar-refractivity contribution is 5.48. The van der Waals surface area contributed by atoms with Crippen LogP contribution in [0.3, 0.4) is 0 Å². The molecule has 0 radical (unpaired) electrons. The first-order chi connectivity index (χ1) is 7.51. The SMILES string of the molecule is CCOc1cccc(NCCC(C)(C)O)c1. The summed E-state index contributed by atoms with van der Waals surface area (Å²) in [6, 6.07) is 7.85. The number of rotatable bonds is 6. The van der Waals surface area contributed by atoms with Gasteiger partial charge in [0.1, 0.15) is 5.75 Å². The molecule has 3 heteroatoms. The zero-order valence-corrected chi connectivity index (χ0v) is 10.3. The molecule has 0 atom stereocenters. The predicted octanol–water partition coefficient (Wildman–Crippen LogP) is 2.66. The Morgan fingerprint density at radius 1 is 1.38 bits per heavy atom. The summed E-state index contributed by atoms with van der Waals surface area (Å²) < 4.78 is 5.40. The van der Waals surface area contributed by atoms with Crippen molar-refractivity contribution >= 4 is 5.69 Å². The van der Waals surface area contributed by atoms with Gasteiger partial charge in [0.05, 0.1) is 12.2 Å². The van der Waals surface area contributed by atoms with E-state index in [1.54, 1.807) is 0 Å². The van der Waals surface area contributed by atoms with Crippen molar-refractivity contribution in [3.63, 3.8) is 0 Å². The summed E-state index contributed by atoms with van der Waals surface area (Å²) in [5.41, 5.74) is 0.403. The van der Waals surface area contributed by atoms with Crippen LogP contribution in [-0.4, -0.2) is 23.9 Å². The highest BCUT2D eigenvalue weighted by atomic mass is 16.5. The highest BCUT2D eigenvalue weighted by Gasteiger charge is 2.11. The Morgan fingerprint density at radius 3 is 2.75 bits per heavy atom. The topological polar surface area (TPSA) is 41.5 Å². The van der Waals surface area contributed by atoms with E-state index in [4.69, 9.17) is 4.74 Å². The number of nitrogens with one attached hydrogen (secondary N) is 1. The summed E-state index contributed by atoms with van der Waals surface area (Å²) in [6.07, 6.45) is 0.714. The molecule has 0 aliphatic heterocycles. The molecule has 1 aromatic carbocycles. The fraction of sp³-hybridized carbons (Fsp3) is 0.538. The summed E-state index contributed by atoms with van der Waals surface area (Å²) in [7, 11) is 0. The van der Waals surface area contributed by atoms with Crippen LogP contribution in [-0.2, 0) is 0 Å². The Morgan fingerprint density at radius 2 is 2.12 bits per heavy atom. The number of ether oxygens (including phenoxy) is 1. The van der Waals surface area contributed by atoms with Gasteiger partial charge < -0.3 is 15.2 Å². The van der Waals surface area contributed by atoms with E-state index in [1.807, 2.05) is 45.0 Å². The first-order valence-electron chi connectivity index (χ1n) is 5.70. The van der Waals surface area contributed by atoms with Crippen LogP contribution in [0.25, 0.3) is 0 Å². The molecule has 0 spiro atoms. The third-order valence-electron chi connectivity index (χ3n) is 2.21. The zero-order valence-electron chi connectivity index (χ0n) is 10.3. The summed E-state index contributed by atoms with van der Waals surface area (Å²) in [4.78, 5) is 0. The molecule has 90 valence electrons. The molecule has 0 unspecified atom stereocenters. The van der Waals surface area contributed by atoms with Gasteiger partial charge in [0, 0.05) is 18.3 Å². The minimum atomic E-state index is -0.621. The minimum Gasteiger partial charge on any atom is -0.494 e. The van der Waals surface area contributed by atoms with Crippen molar-refractivity contribution in [3.05, 3.63) is 24.3 Å². The molecule has 0 bridgehead atoms. The van der Waals surface area contributed by atoms with Gasteiger partial charge in [-0.25, -0.2) is 0 Å². The standard InChI is InChI=1S/C13H21NO2/c1-4-16-12-7-5-6-11(10-12)14-9-8-13(2,3)15/h5-7,10,14-15H,4,8-9H2,1-3H3. The summed E-state index contributed by atoms with van der Waals surface area (Å²) in [5.74, 6) is 0.871. The molecule has 0 aliphatic carbocycles. The van der Waals surface area contributed by atoms with Crippen LogP contribution in [0.2, 0.25) is 0 Å². The molecule has 3 nitrogen and oxygen atoms in total. The molecule has 0 amide bonds. The number of benzene rings is 1. The summed E-state index contributed by atoms with van der Waals surface area (Å²) in [5, 5.41) is 12.8. The molecular weight excluding hydrogens is 202 g/mol. The Labute approximate surface area is 97.4 Å². The van der Waals surface area contributed by atoms with E-state index >= 15 is 0 Å². The van der Waals surface area contributed by atoms with E-state index < -0.39 is 5.60 Å². The van der Waals surface area contributed by atoms with Crippen molar-refractivity contribution in [2.45, 2.75) is 32.8 Å². The lowest BCUT2D eigenvalue weighted by atomic mass is 10.1. The average molecular weight is 223 g/mol. The average Bonchev–Trinajstić information content (AvgIpc) is 2.17. The minimum absolute atomic E-state index is 0.621. The first kappa shape index (κ1) is 12.8. The maximum absolute atomic E-state index is 9.57. The molecule has 0 heterocycles. The smallest absolute Gasteiger partial charge is 0.121 e. The van der Waals surface area contributed by atoms with Crippen molar-refractivity contribution in [2.24, 2.45) is 0 Å². The van der Waals surface area contributed by atoms with Gasteiger partial charge in [-0.05, 0) is 39.3 Å². The van der Waals surface area contributed by atoms with Gasteiger partial charge in [0.2, 0.25) is 0 Å². The van der Waals surface area contributed by atoms with Crippen LogP contribution in [0.4, 0.5) is 5.69 Å². The molecule has 16 heavy (non-hydrogen) atoms. The van der Waals surface area contributed by atoms with Crippen molar-refractivity contribution in [1.82, 2.24) is 0 Å². The molecule has 0 saturated carbocycles. The van der Waals surface area contributed by atoms with Gasteiger partial charge >= 0.3 is 0 Å². The van der Waals surface area contributed by atoms with Gasteiger partial charge in [0.15, 0.2) is 0 Å². The molecule has 1 rings (SSSR count). The van der Waals surface area contributed by atoms with Crippen LogP contribution in [0.5, 0.6) is 5.75 Å². The Kier molecular flexibility index (Phi) is 4.62. The van der Waals surface area contributed by atoms with Gasteiger partial charge in [-0.15, -0.1) is 0 Å². The molecule has 0 saturated heterocycles. The van der Waals surface area contributed by atoms with Crippen molar-refractivity contribution in [1.29, 1.82) is 0 Å². The van der Waals surface area contributed by atoms with Gasteiger partial charge in [0.25, 0.3) is 0 Å². The third-order valence-corrected chi connectivity index (χ3v) is 2.21. The molecule has 0 aromatic heterocycles. The van der Waals surface area contributed by atoms with E-state index in [9.17, 15) is 5.11 Å². The molecule has 1 aromatic rings. The van der Waals surface area contributed by atoms with Crippen LogP contribution >= 0.6 is 0 Å². The molecular formula is C13H21NO2. The third kappa shape index (κ3) is 5.03. The number of hydrogen-bond acceptors (Lipinski definition) is 3. The van der Waals surface area contributed by atoms with Crippen LogP contribution in [0, 0.1) is 0 Å². The van der Waals surface area contributed by atoms with Crippen LogP contribution in [0.15, 0.2) is 24.3 Å². The Bertz CT molecular complexity index is 318. The summed E-state index contributed by atoms with van der Waals surface area (Å²) in [6.45, 7) is 7.01. The van der Waals surface area contributed by atoms with Crippen molar-refractivity contribution in [3.8, 4) is 5.75 Å². The van der Waals surface area contributed by atoms with E-state index in [2.05, 4.69) is 5.32 Å². The van der Waals surface area contributed by atoms with E-state index in [-0.39, 0.29) is 0 Å². The Hall–Kier alpha value is -1.22. The quantitative estimate of drug-likeness (QED) is 0.779. The predicted molar refractivity (Wildman–Crippen MR) is 67.0 cm³/mol. The maximum atomic E-state index is 9.57. The van der Waals surface area contributed by atoms with Gasteiger partial charge in [-0.2, -0.15) is 0 Å². The maximum Gasteiger partial charge on any atom is 0.121 e. The lowest BCUT2D eigenvalue weighted by Gasteiger charge is -2.17. The second-order valence-corrected chi connectivity index (χ2v) is 4.45. The molecule has 0 aliphatic rings. The lowest BCUT2D eigenvalue weighted by molar-refractivity contribution is 0.0749. The number of hydrogen-bond donors (Lipinski definition) is 2. The Balaban J connectivity index is 2.44. The highest BCUT2D eigenvalue weighted by Crippen LogP contribution is 2.17. The second kappa shape index (κ2) is 5.75. The van der Waals surface area contributed by atoms with Gasteiger partial charge in [-0.1, -0.05) is 6.07 Å². The van der Waals surface area contributed by atoms with E-state index in [0.29, 0.717) is 13.0 Å². The first-order valence-corrected chi connectivity index (χ1v) is 5.70. The monoisotopic (exact) mass is 223 g/mol. The van der Waals surface area contributed by atoms with Crippen molar-refractivity contribution < 1.29 is 9.84 Å². The molecule has 0 fully saturated rings. The van der Waals surface area contributed by atoms with Crippen LogP contribution < -0.4 is 10.1 Å². The molecule has 2 N–H and O–H groups in total. The van der Waals surface area contributed by atoms with E-state index in [1.165, 1.54) is 0 Å². The van der Waals surface area contributed by atoms with Gasteiger partial charge in [-0.3, -0.25) is 0 Å². The normalized spacial score (nSPS) is 11.2. The fourth-order valence-corrected chi connectivity index (χ4v) is 1.38. The van der Waals surface area contributed by atoms with Crippen LogP contribution in [0.1, 0.15) is 27.2 Å². The lowest BCUT2D eigenvalue weighted by Crippen LogP contribution is -2.22. The number of aliphatic hydroxyl groups is 1. The van der Waals surface area contributed by atoms with E-state index in [0.717, 1.165) is 18.0 Å². The number of anilines is 1.